The fourth-order valence-corrected chi connectivity index (χ4v) is 3.09. The number of halogens is 1. The smallest absolute Gasteiger partial charge is 0.243 e. The summed E-state index contributed by atoms with van der Waals surface area (Å²) in [6.45, 7) is 4.45. The standard InChI is InChI=1S/C15H30N4O2S.HI/c1-4-21-9-6-8-16-15(17-11-14(20)19(2)3)18-13-7-5-10-22-12-13;/h13H,4-12H2,1-3H3,(H2,16,17,18);1H. The summed E-state index contributed by atoms with van der Waals surface area (Å²) in [6.07, 6.45) is 3.32. The van der Waals surface area contributed by atoms with Crippen molar-refractivity contribution in [2.45, 2.75) is 32.2 Å². The molecule has 0 aromatic carbocycles. The highest BCUT2D eigenvalue weighted by Gasteiger charge is 2.15. The van der Waals surface area contributed by atoms with Crippen LogP contribution in [0.15, 0.2) is 4.99 Å². The summed E-state index contributed by atoms with van der Waals surface area (Å²) in [7, 11) is 3.50. The third-order valence-corrected chi connectivity index (χ3v) is 4.55. The maximum Gasteiger partial charge on any atom is 0.243 e. The van der Waals surface area contributed by atoms with Crippen molar-refractivity contribution in [2.75, 3.05) is 51.9 Å². The Kier molecular flexibility index (Phi) is 14.0. The van der Waals surface area contributed by atoms with E-state index >= 15 is 0 Å². The Balaban J connectivity index is 0.00000484. The molecule has 0 radical (unpaired) electrons. The molecule has 1 rings (SSSR count). The van der Waals surface area contributed by atoms with Gasteiger partial charge in [0.15, 0.2) is 5.96 Å². The van der Waals surface area contributed by atoms with Crippen LogP contribution in [-0.2, 0) is 9.53 Å². The normalized spacial score (nSPS) is 18.0. The minimum Gasteiger partial charge on any atom is -0.382 e. The largest absolute Gasteiger partial charge is 0.382 e. The van der Waals surface area contributed by atoms with E-state index in [2.05, 4.69) is 15.6 Å². The van der Waals surface area contributed by atoms with Crippen LogP contribution in [0.3, 0.4) is 0 Å². The first-order chi connectivity index (χ1) is 10.6. The van der Waals surface area contributed by atoms with Gasteiger partial charge < -0.3 is 20.3 Å². The average Bonchev–Trinajstić information content (AvgIpc) is 2.52. The van der Waals surface area contributed by atoms with Crippen LogP contribution in [0.2, 0.25) is 0 Å². The van der Waals surface area contributed by atoms with Gasteiger partial charge in [0, 0.05) is 45.6 Å². The SMILES string of the molecule is CCOCCCNC(=NCC(=O)N(C)C)NC1CCCSC1.I. The minimum atomic E-state index is 0. The number of aliphatic imine (C=N–C) groups is 1. The third kappa shape index (κ3) is 11.0. The molecule has 1 aliphatic rings. The molecular formula is C15H31IN4O2S. The van der Waals surface area contributed by atoms with Crippen LogP contribution in [-0.4, -0.2) is 74.7 Å². The zero-order valence-corrected chi connectivity index (χ0v) is 17.6. The molecule has 6 nitrogen and oxygen atoms in total. The zero-order valence-electron chi connectivity index (χ0n) is 14.5. The Labute approximate surface area is 161 Å². The molecule has 0 saturated carbocycles. The minimum absolute atomic E-state index is 0. The Morgan fingerprint density at radius 2 is 2.22 bits per heavy atom. The first-order valence-electron chi connectivity index (χ1n) is 8.04. The van der Waals surface area contributed by atoms with E-state index in [1.54, 1.807) is 19.0 Å². The van der Waals surface area contributed by atoms with Gasteiger partial charge in [-0.2, -0.15) is 11.8 Å². The fourth-order valence-electron chi connectivity index (χ4n) is 2.01. The number of hydrogen-bond donors (Lipinski definition) is 2. The van der Waals surface area contributed by atoms with Gasteiger partial charge in [-0.05, 0) is 31.9 Å². The Morgan fingerprint density at radius 3 is 2.83 bits per heavy atom. The van der Waals surface area contributed by atoms with Crippen molar-refractivity contribution in [3.63, 3.8) is 0 Å². The van der Waals surface area contributed by atoms with E-state index in [4.69, 9.17) is 4.74 Å². The molecule has 0 aromatic rings. The van der Waals surface area contributed by atoms with Crippen molar-refractivity contribution < 1.29 is 9.53 Å². The number of nitrogens with zero attached hydrogens (tertiary/aromatic N) is 2. The van der Waals surface area contributed by atoms with E-state index in [-0.39, 0.29) is 36.4 Å². The lowest BCUT2D eigenvalue weighted by molar-refractivity contribution is -0.127. The average molecular weight is 458 g/mol. The fraction of sp³-hybridized carbons (Fsp3) is 0.867. The summed E-state index contributed by atoms with van der Waals surface area (Å²) in [5.74, 6) is 3.08. The van der Waals surface area contributed by atoms with Gasteiger partial charge in [-0.3, -0.25) is 4.79 Å². The highest BCUT2D eigenvalue weighted by molar-refractivity contribution is 14.0. The summed E-state index contributed by atoms with van der Waals surface area (Å²) in [5, 5.41) is 6.75. The van der Waals surface area contributed by atoms with Gasteiger partial charge in [0.2, 0.25) is 5.91 Å². The molecule has 1 aliphatic heterocycles. The number of thioether (sulfide) groups is 1. The lowest BCUT2D eigenvalue weighted by atomic mass is 10.2. The van der Waals surface area contributed by atoms with Crippen LogP contribution >= 0.6 is 35.7 Å². The van der Waals surface area contributed by atoms with E-state index in [0.29, 0.717) is 6.04 Å². The lowest BCUT2D eigenvalue weighted by Gasteiger charge is -2.25. The number of ether oxygens (including phenoxy) is 1. The summed E-state index contributed by atoms with van der Waals surface area (Å²) >= 11 is 1.97. The van der Waals surface area contributed by atoms with E-state index in [9.17, 15) is 4.79 Å². The molecule has 8 heteroatoms. The predicted octanol–water partition coefficient (Wildman–Crippen LogP) is 1.55. The lowest BCUT2D eigenvalue weighted by Crippen LogP contribution is -2.46. The highest BCUT2D eigenvalue weighted by atomic mass is 127. The first-order valence-corrected chi connectivity index (χ1v) is 9.19. The Hall–Kier alpha value is -0.220. The van der Waals surface area contributed by atoms with Crippen molar-refractivity contribution in [1.29, 1.82) is 0 Å². The molecule has 2 N–H and O–H groups in total. The van der Waals surface area contributed by atoms with Gasteiger partial charge in [-0.1, -0.05) is 0 Å². The van der Waals surface area contributed by atoms with Gasteiger partial charge in [-0.25, -0.2) is 4.99 Å². The molecule has 136 valence electrons. The molecule has 0 aliphatic carbocycles. The number of guanidine groups is 1. The molecule has 23 heavy (non-hydrogen) atoms. The van der Waals surface area contributed by atoms with Crippen molar-refractivity contribution in [3.05, 3.63) is 0 Å². The summed E-state index contributed by atoms with van der Waals surface area (Å²) in [6, 6.07) is 0.436. The van der Waals surface area contributed by atoms with Crippen LogP contribution < -0.4 is 10.6 Å². The monoisotopic (exact) mass is 458 g/mol. The molecule has 1 unspecified atom stereocenters. The molecule has 1 saturated heterocycles. The van der Waals surface area contributed by atoms with Crippen molar-refractivity contribution >= 4 is 47.6 Å². The summed E-state index contributed by atoms with van der Waals surface area (Å²) < 4.78 is 5.33. The van der Waals surface area contributed by atoms with Gasteiger partial charge in [-0.15, -0.1) is 24.0 Å². The van der Waals surface area contributed by atoms with Crippen LogP contribution in [0.25, 0.3) is 0 Å². The molecule has 1 heterocycles. The molecular weight excluding hydrogens is 427 g/mol. The van der Waals surface area contributed by atoms with E-state index in [1.807, 2.05) is 18.7 Å². The topological polar surface area (TPSA) is 66.0 Å². The van der Waals surface area contributed by atoms with Gasteiger partial charge in [0.05, 0.1) is 0 Å². The molecule has 1 atom stereocenters. The van der Waals surface area contributed by atoms with Crippen LogP contribution in [0.1, 0.15) is 26.2 Å². The highest BCUT2D eigenvalue weighted by Crippen LogP contribution is 2.16. The zero-order chi connectivity index (χ0) is 16.2. The second kappa shape index (κ2) is 14.2. The number of likely N-dealkylation sites (N-methyl/N-ethyl adjacent to an activating group) is 1. The van der Waals surface area contributed by atoms with E-state index < -0.39 is 0 Å². The number of hydrogen-bond acceptors (Lipinski definition) is 4. The molecule has 0 bridgehead atoms. The number of rotatable bonds is 8. The van der Waals surface area contributed by atoms with Crippen LogP contribution in [0, 0.1) is 0 Å². The third-order valence-electron chi connectivity index (χ3n) is 3.33. The van der Waals surface area contributed by atoms with E-state index in [0.717, 1.165) is 44.3 Å². The van der Waals surface area contributed by atoms with Gasteiger partial charge in [0.1, 0.15) is 6.54 Å². The molecule has 1 amide bonds. The molecule has 0 spiro atoms. The van der Waals surface area contributed by atoms with Crippen LogP contribution in [0.4, 0.5) is 0 Å². The van der Waals surface area contributed by atoms with E-state index in [1.165, 1.54) is 12.2 Å². The number of nitrogens with one attached hydrogen (secondary N) is 2. The molecule has 1 fully saturated rings. The maximum absolute atomic E-state index is 11.7. The summed E-state index contributed by atoms with van der Waals surface area (Å²) in [4.78, 5) is 17.7. The maximum atomic E-state index is 11.7. The van der Waals surface area contributed by atoms with Gasteiger partial charge in [0.25, 0.3) is 0 Å². The quantitative estimate of drug-likeness (QED) is 0.250. The Morgan fingerprint density at radius 1 is 1.43 bits per heavy atom. The second-order valence-corrected chi connectivity index (χ2v) is 6.64. The predicted molar refractivity (Wildman–Crippen MR) is 109 cm³/mol. The Bertz CT molecular complexity index is 350. The number of carbonyl (C=O) groups is 1. The van der Waals surface area contributed by atoms with Gasteiger partial charge >= 0.3 is 0 Å². The van der Waals surface area contributed by atoms with Crippen LogP contribution in [0.5, 0.6) is 0 Å². The first kappa shape index (κ1) is 22.8. The van der Waals surface area contributed by atoms with Crippen molar-refractivity contribution in [1.82, 2.24) is 15.5 Å². The number of amides is 1. The number of carbonyl (C=O) groups excluding carboxylic acids is 1. The van der Waals surface area contributed by atoms with Crippen molar-refractivity contribution in [3.8, 4) is 0 Å². The second-order valence-electron chi connectivity index (χ2n) is 5.49. The summed E-state index contributed by atoms with van der Waals surface area (Å²) in [5.41, 5.74) is 0. The molecule has 0 aromatic heterocycles. The van der Waals surface area contributed by atoms with Crippen molar-refractivity contribution in [2.24, 2.45) is 4.99 Å².